The third kappa shape index (κ3) is 4.23. The average molecular weight is 290 g/mol. The molecule has 1 N–H and O–H groups in total. The summed E-state index contributed by atoms with van der Waals surface area (Å²) in [6.07, 6.45) is 0.900. The van der Waals surface area contributed by atoms with Crippen molar-refractivity contribution in [2.45, 2.75) is 32.9 Å². The van der Waals surface area contributed by atoms with Crippen LogP contribution >= 0.6 is 0 Å². The number of methoxy groups -OCH3 is 2. The monoisotopic (exact) mass is 290 g/mol. The van der Waals surface area contributed by atoms with Crippen molar-refractivity contribution in [1.82, 2.24) is 10.5 Å². The molecule has 0 saturated carbocycles. The van der Waals surface area contributed by atoms with Gasteiger partial charge in [-0.2, -0.15) is 0 Å². The van der Waals surface area contributed by atoms with Crippen LogP contribution in [0, 0.1) is 6.92 Å². The highest BCUT2D eigenvalue weighted by Crippen LogP contribution is 2.27. The SMILES string of the molecule is COc1ccc(CC(C)NCc2cc(C)on2)cc1OC. The lowest BCUT2D eigenvalue weighted by Gasteiger charge is -2.14. The van der Waals surface area contributed by atoms with Crippen LogP contribution in [0.3, 0.4) is 0 Å². The van der Waals surface area contributed by atoms with Crippen molar-refractivity contribution in [3.05, 3.63) is 41.3 Å². The summed E-state index contributed by atoms with van der Waals surface area (Å²) in [4.78, 5) is 0. The van der Waals surface area contributed by atoms with E-state index in [0.717, 1.165) is 29.4 Å². The fourth-order valence-electron chi connectivity index (χ4n) is 2.21. The number of hydrogen-bond donors (Lipinski definition) is 1. The predicted octanol–water partition coefficient (Wildman–Crippen LogP) is 2.72. The van der Waals surface area contributed by atoms with Crippen molar-refractivity contribution in [3.8, 4) is 11.5 Å². The van der Waals surface area contributed by atoms with Gasteiger partial charge in [-0.15, -0.1) is 0 Å². The van der Waals surface area contributed by atoms with Gasteiger partial charge in [-0.05, 0) is 38.0 Å². The molecule has 0 aliphatic carbocycles. The summed E-state index contributed by atoms with van der Waals surface area (Å²) >= 11 is 0. The number of aromatic nitrogens is 1. The molecule has 114 valence electrons. The third-order valence-corrected chi connectivity index (χ3v) is 3.30. The van der Waals surface area contributed by atoms with Crippen LogP contribution in [0.25, 0.3) is 0 Å². The Hall–Kier alpha value is -2.01. The fourth-order valence-corrected chi connectivity index (χ4v) is 2.21. The molecule has 1 aromatic heterocycles. The van der Waals surface area contributed by atoms with Gasteiger partial charge >= 0.3 is 0 Å². The number of benzene rings is 1. The van der Waals surface area contributed by atoms with E-state index in [1.54, 1.807) is 14.2 Å². The Labute approximate surface area is 125 Å². The number of aryl methyl sites for hydroxylation is 1. The number of nitrogens with one attached hydrogen (secondary N) is 1. The van der Waals surface area contributed by atoms with Crippen molar-refractivity contribution in [3.63, 3.8) is 0 Å². The second-order valence-corrected chi connectivity index (χ2v) is 5.10. The summed E-state index contributed by atoms with van der Waals surface area (Å²) in [5.41, 5.74) is 2.12. The van der Waals surface area contributed by atoms with E-state index in [0.29, 0.717) is 12.6 Å². The molecule has 5 nitrogen and oxygen atoms in total. The molecule has 0 aliphatic heterocycles. The van der Waals surface area contributed by atoms with Crippen LogP contribution in [0.4, 0.5) is 0 Å². The molecule has 1 aromatic carbocycles. The van der Waals surface area contributed by atoms with Gasteiger partial charge in [0.05, 0.1) is 19.9 Å². The van der Waals surface area contributed by atoms with Crippen LogP contribution in [0.5, 0.6) is 11.5 Å². The van der Waals surface area contributed by atoms with Crippen molar-refractivity contribution < 1.29 is 14.0 Å². The van der Waals surface area contributed by atoms with E-state index in [2.05, 4.69) is 23.5 Å². The molecule has 0 amide bonds. The Morgan fingerprint density at radius 3 is 2.57 bits per heavy atom. The number of nitrogens with zero attached hydrogens (tertiary/aromatic N) is 1. The Balaban J connectivity index is 1.91. The van der Waals surface area contributed by atoms with Crippen LogP contribution in [-0.2, 0) is 13.0 Å². The maximum atomic E-state index is 5.32. The first-order valence-electron chi connectivity index (χ1n) is 6.99. The second-order valence-electron chi connectivity index (χ2n) is 5.10. The van der Waals surface area contributed by atoms with Gasteiger partial charge in [0.2, 0.25) is 0 Å². The highest BCUT2D eigenvalue weighted by molar-refractivity contribution is 5.43. The molecule has 1 heterocycles. The molecule has 0 radical (unpaired) electrons. The zero-order chi connectivity index (χ0) is 15.2. The highest BCUT2D eigenvalue weighted by atomic mass is 16.5. The number of ether oxygens (including phenoxy) is 2. The first-order valence-corrected chi connectivity index (χ1v) is 6.99. The van der Waals surface area contributed by atoms with E-state index in [4.69, 9.17) is 14.0 Å². The van der Waals surface area contributed by atoms with Crippen molar-refractivity contribution >= 4 is 0 Å². The standard InChI is InChI=1S/C16H22N2O3/c1-11(17-10-14-8-12(2)21-18-14)7-13-5-6-15(19-3)16(9-13)20-4/h5-6,8-9,11,17H,7,10H2,1-4H3. The normalized spacial score (nSPS) is 12.2. The minimum absolute atomic E-state index is 0.320. The lowest BCUT2D eigenvalue weighted by molar-refractivity contribution is 0.354. The van der Waals surface area contributed by atoms with E-state index < -0.39 is 0 Å². The van der Waals surface area contributed by atoms with Gasteiger partial charge in [0.1, 0.15) is 5.76 Å². The summed E-state index contributed by atoms with van der Waals surface area (Å²) < 4.78 is 15.6. The minimum atomic E-state index is 0.320. The molecule has 0 saturated heterocycles. The molecular weight excluding hydrogens is 268 g/mol. The molecule has 1 unspecified atom stereocenters. The van der Waals surface area contributed by atoms with E-state index in [9.17, 15) is 0 Å². The third-order valence-electron chi connectivity index (χ3n) is 3.30. The van der Waals surface area contributed by atoms with E-state index in [1.165, 1.54) is 5.56 Å². The van der Waals surface area contributed by atoms with Gasteiger partial charge in [-0.25, -0.2) is 0 Å². The average Bonchev–Trinajstić information content (AvgIpc) is 2.90. The molecule has 0 fully saturated rings. The van der Waals surface area contributed by atoms with Crippen molar-refractivity contribution in [2.75, 3.05) is 14.2 Å². The van der Waals surface area contributed by atoms with Crippen molar-refractivity contribution in [1.29, 1.82) is 0 Å². The largest absolute Gasteiger partial charge is 0.493 e. The minimum Gasteiger partial charge on any atom is -0.493 e. The van der Waals surface area contributed by atoms with Gasteiger partial charge in [-0.3, -0.25) is 0 Å². The van der Waals surface area contributed by atoms with Crippen LogP contribution in [0.15, 0.2) is 28.8 Å². The topological polar surface area (TPSA) is 56.5 Å². The maximum Gasteiger partial charge on any atom is 0.160 e. The van der Waals surface area contributed by atoms with Gasteiger partial charge in [-0.1, -0.05) is 11.2 Å². The Morgan fingerprint density at radius 1 is 1.19 bits per heavy atom. The zero-order valence-electron chi connectivity index (χ0n) is 13.0. The van der Waals surface area contributed by atoms with E-state index in [-0.39, 0.29) is 0 Å². The van der Waals surface area contributed by atoms with E-state index in [1.807, 2.05) is 25.1 Å². The molecule has 5 heteroatoms. The van der Waals surface area contributed by atoms with Gasteiger partial charge in [0, 0.05) is 18.7 Å². The smallest absolute Gasteiger partial charge is 0.160 e. The quantitative estimate of drug-likeness (QED) is 0.849. The van der Waals surface area contributed by atoms with Gasteiger partial charge < -0.3 is 19.3 Å². The first-order chi connectivity index (χ1) is 10.1. The summed E-state index contributed by atoms with van der Waals surface area (Å²) in [5, 5.41) is 7.40. The van der Waals surface area contributed by atoms with Crippen LogP contribution in [-0.4, -0.2) is 25.4 Å². The van der Waals surface area contributed by atoms with Crippen LogP contribution < -0.4 is 14.8 Å². The Morgan fingerprint density at radius 2 is 1.95 bits per heavy atom. The van der Waals surface area contributed by atoms with Gasteiger partial charge in [0.25, 0.3) is 0 Å². The molecule has 0 aliphatic rings. The number of hydrogen-bond acceptors (Lipinski definition) is 5. The number of rotatable bonds is 7. The molecule has 1 atom stereocenters. The Bertz CT molecular complexity index is 581. The summed E-state index contributed by atoms with van der Waals surface area (Å²) in [7, 11) is 3.29. The second kappa shape index (κ2) is 7.13. The van der Waals surface area contributed by atoms with Crippen molar-refractivity contribution in [2.24, 2.45) is 0 Å². The van der Waals surface area contributed by atoms with Gasteiger partial charge in [0.15, 0.2) is 11.5 Å². The highest BCUT2D eigenvalue weighted by Gasteiger charge is 2.09. The summed E-state index contributed by atoms with van der Waals surface area (Å²) in [6.45, 7) is 4.74. The van der Waals surface area contributed by atoms with Crippen LogP contribution in [0.1, 0.15) is 23.9 Å². The lowest BCUT2D eigenvalue weighted by atomic mass is 10.1. The predicted molar refractivity (Wildman–Crippen MR) is 80.8 cm³/mol. The zero-order valence-corrected chi connectivity index (χ0v) is 13.0. The van der Waals surface area contributed by atoms with Crippen LogP contribution in [0.2, 0.25) is 0 Å². The lowest BCUT2D eigenvalue weighted by Crippen LogP contribution is -2.27. The molecule has 2 rings (SSSR count). The summed E-state index contributed by atoms with van der Waals surface area (Å²) in [5.74, 6) is 2.34. The maximum absolute atomic E-state index is 5.32. The summed E-state index contributed by atoms with van der Waals surface area (Å²) in [6, 6.07) is 8.26. The Kier molecular flexibility index (Phi) is 5.22. The molecular formula is C16H22N2O3. The van der Waals surface area contributed by atoms with E-state index >= 15 is 0 Å². The first kappa shape index (κ1) is 15.4. The molecule has 0 spiro atoms. The molecule has 21 heavy (non-hydrogen) atoms. The molecule has 2 aromatic rings. The fraction of sp³-hybridized carbons (Fsp3) is 0.438. The molecule has 0 bridgehead atoms.